The molecule has 13 nitrogen and oxygen atoms in total. The maximum Gasteiger partial charge on any atom is 0.270 e. The van der Waals surface area contributed by atoms with Crippen LogP contribution in [0.15, 0.2) is 55.3 Å². The summed E-state index contributed by atoms with van der Waals surface area (Å²) in [5, 5.41) is 15.6. The molecule has 0 saturated carbocycles. The smallest absolute Gasteiger partial charge is 0.270 e. The van der Waals surface area contributed by atoms with E-state index in [1.807, 2.05) is 12.3 Å². The number of carbonyl (C=O) groups excluding carboxylic acids is 2. The number of ether oxygens (including phenoxy) is 1. The highest BCUT2D eigenvalue weighted by molar-refractivity contribution is 6.05. The third-order valence-corrected chi connectivity index (χ3v) is 9.21. The third kappa shape index (κ3) is 5.89. The van der Waals surface area contributed by atoms with Gasteiger partial charge in [-0.05, 0) is 42.2 Å². The number of aromatic nitrogens is 7. The number of benzene rings is 1. The van der Waals surface area contributed by atoms with Crippen molar-refractivity contribution >= 4 is 34.1 Å². The topological polar surface area (TPSA) is 141 Å². The summed E-state index contributed by atoms with van der Waals surface area (Å²) in [6, 6.07) is 5.25. The summed E-state index contributed by atoms with van der Waals surface area (Å²) in [6.45, 7) is 5.64. The van der Waals surface area contributed by atoms with E-state index < -0.39 is 5.82 Å². The number of anilines is 1. The van der Waals surface area contributed by atoms with Crippen molar-refractivity contribution in [3.63, 3.8) is 0 Å². The predicted molar refractivity (Wildman–Crippen MR) is 178 cm³/mol. The maximum absolute atomic E-state index is 16.6. The van der Waals surface area contributed by atoms with Gasteiger partial charge in [-0.15, -0.1) is 5.10 Å². The lowest BCUT2D eigenvalue weighted by Crippen LogP contribution is -2.49. The van der Waals surface area contributed by atoms with Crippen LogP contribution in [-0.4, -0.2) is 103 Å². The number of hydrogen-bond acceptors (Lipinski definition) is 8. The van der Waals surface area contributed by atoms with Crippen molar-refractivity contribution < 1.29 is 18.7 Å². The molecule has 0 radical (unpaired) electrons. The molecule has 5 aromatic rings. The zero-order valence-electron chi connectivity index (χ0n) is 26.9. The van der Waals surface area contributed by atoms with Crippen LogP contribution in [0.1, 0.15) is 41.4 Å². The van der Waals surface area contributed by atoms with E-state index in [4.69, 9.17) is 4.74 Å². The number of nitrogens with one attached hydrogen (secondary N) is 2. The lowest BCUT2D eigenvalue weighted by Gasteiger charge is -2.35. The number of hydrogen-bond donors (Lipinski definition) is 2. The van der Waals surface area contributed by atoms with Crippen LogP contribution in [0.2, 0.25) is 0 Å². The zero-order chi connectivity index (χ0) is 33.2. The Hall–Kier alpha value is -5.53. The number of halogens is 1. The van der Waals surface area contributed by atoms with Crippen LogP contribution in [0.4, 0.5) is 10.2 Å². The Bertz CT molecular complexity index is 1970. The Balaban J connectivity index is 1.19. The van der Waals surface area contributed by atoms with E-state index in [-0.39, 0.29) is 30.3 Å². The molecule has 2 N–H and O–H groups in total. The number of piperazine rings is 1. The first-order valence-corrected chi connectivity index (χ1v) is 16.2. The molecular formula is C34H37FN10O3. The van der Waals surface area contributed by atoms with Gasteiger partial charge in [0.2, 0.25) is 5.91 Å². The number of methoxy groups -OCH3 is 1. The standard InChI is InChI=1S/C34H37FN10O3/c1-3-22-19-38-40-33(22)42-13-15-43(16-14-42)34(47)28-18-26-25(27-20-36-8-6-29(27)48-2)17-24(31(35)32(26)39-28)23-5-4-10-44(21-23)30(46)7-11-45-12-9-37-41-45/h5-6,8-9,12,17-20,39H,3-4,7,10-11,13-16,21H2,1-2H3,(H,38,40). The van der Waals surface area contributed by atoms with Gasteiger partial charge in [0.1, 0.15) is 17.3 Å². The van der Waals surface area contributed by atoms with Crippen LogP contribution in [0, 0.1) is 5.82 Å². The molecule has 1 saturated heterocycles. The van der Waals surface area contributed by atoms with E-state index in [2.05, 4.69) is 42.3 Å². The second kappa shape index (κ2) is 13.3. The van der Waals surface area contributed by atoms with Crippen molar-refractivity contribution in [3.8, 4) is 16.9 Å². The van der Waals surface area contributed by atoms with Crippen molar-refractivity contribution in [2.45, 2.75) is 32.7 Å². The summed E-state index contributed by atoms with van der Waals surface area (Å²) >= 11 is 0. The predicted octanol–water partition coefficient (Wildman–Crippen LogP) is 3.92. The van der Waals surface area contributed by atoms with Crippen LogP contribution in [0.3, 0.4) is 0 Å². The average molecular weight is 653 g/mol. The van der Waals surface area contributed by atoms with Gasteiger partial charge in [-0.25, -0.2) is 4.39 Å². The highest BCUT2D eigenvalue weighted by Crippen LogP contribution is 2.40. The van der Waals surface area contributed by atoms with Crippen molar-refractivity contribution in [2.75, 3.05) is 51.3 Å². The van der Waals surface area contributed by atoms with Crippen molar-refractivity contribution in [1.29, 1.82) is 0 Å². The van der Waals surface area contributed by atoms with Gasteiger partial charge in [-0.1, -0.05) is 18.2 Å². The van der Waals surface area contributed by atoms with Gasteiger partial charge in [-0.2, -0.15) is 5.10 Å². The Morgan fingerprint density at radius 3 is 2.65 bits per heavy atom. The fourth-order valence-corrected chi connectivity index (χ4v) is 6.61. The summed E-state index contributed by atoms with van der Waals surface area (Å²) < 4.78 is 23.9. The zero-order valence-corrected chi connectivity index (χ0v) is 26.9. The molecule has 1 aromatic carbocycles. The molecule has 14 heteroatoms. The fraction of sp³-hybridized carbons (Fsp3) is 0.353. The Morgan fingerprint density at radius 1 is 1.02 bits per heavy atom. The molecular weight excluding hydrogens is 615 g/mol. The van der Waals surface area contributed by atoms with Gasteiger partial charge >= 0.3 is 0 Å². The lowest BCUT2D eigenvalue weighted by molar-refractivity contribution is -0.131. The normalized spacial score (nSPS) is 15.2. The lowest BCUT2D eigenvalue weighted by atomic mass is 9.93. The number of H-pyrrole nitrogens is 2. The van der Waals surface area contributed by atoms with E-state index in [9.17, 15) is 9.59 Å². The van der Waals surface area contributed by atoms with E-state index in [0.717, 1.165) is 17.8 Å². The summed E-state index contributed by atoms with van der Waals surface area (Å²) in [7, 11) is 1.57. The molecule has 48 heavy (non-hydrogen) atoms. The van der Waals surface area contributed by atoms with Crippen LogP contribution in [0.25, 0.3) is 27.6 Å². The van der Waals surface area contributed by atoms with Crippen molar-refractivity contribution in [3.05, 3.63) is 77.9 Å². The molecule has 2 aliphatic heterocycles. The number of amides is 2. The number of rotatable bonds is 9. The van der Waals surface area contributed by atoms with Crippen LogP contribution in [-0.2, 0) is 17.8 Å². The van der Waals surface area contributed by atoms with Crippen LogP contribution in [0.5, 0.6) is 5.75 Å². The largest absolute Gasteiger partial charge is 0.496 e. The van der Waals surface area contributed by atoms with E-state index in [1.54, 1.807) is 64.6 Å². The molecule has 0 spiro atoms. The highest BCUT2D eigenvalue weighted by atomic mass is 19.1. The molecule has 0 unspecified atom stereocenters. The second-order valence-electron chi connectivity index (χ2n) is 12.0. The van der Waals surface area contributed by atoms with E-state index >= 15 is 4.39 Å². The van der Waals surface area contributed by atoms with Gasteiger partial charge in [0.25, 0.3) is 5.91 Å². The molecule has 7 rings (SSSR count). The van der Waals surface area contributed by atoms with Gasteiger partial charge in [0.05, 0.1) is 31.6 Å². The van der Waals surface area contributed by atoms with Crippen molar-refractivity contribution in [1.82, 2.24) is 45.0 Å². The summed E-state index contributed by atoms with van der Waals surface area (Å²) in [4.78, 5) is 40.2. The first kappa shape index (κ1) is 31.1. The van der Waals surface area contributed by atoms with E-state index in [0.29, 0.717) is 84.8 Å². The monoisotopic (exact) mass is 652 g/mol. The Kier molecular flexibility index (Phi) is 8.61. The molecule has 4 aromatic heterocycles. The van der Waals surface area contributed by atoms with Gasteiger partial charge < -0.3 is 24.4 Å². The summed E-state index contributed by atoms with van der Waals surface area (Å²) in [5.41, 5.74) is 4.06. The number of aryl methyl sites for hydroxylation is 2. The minimum absolute atomic E-state index is 0.0435. The fourth-order valence-electron chi connectivity index (χ4n) is 6.61. The van der Waals surface area contributed by atoms with Crippen LogP contribution >= 0.6 is 0 Å². The molecule has 248 valence electrons. The summed E-state index contributed by atoms with van der Waals surface area (Å²) in [5.74, 6) is 0.847. The molecule has 2 aliphatic rings. The van der Waals surface area contributed by atoms with Crippen LogP contribution < -0.4 is 9.64 Å². The summed E-state index contributed by atoms with van der Waals surface area (Å²) in [6.07, 6.45) is 12.1. The number of pyridine rings is 1. The molecule has 6 heterocycles. The number of fused-ring (bicyclic) bond motifs is 1. The van der Waals surface area contributed by atoms with Crippen molar-refractivity contribution in [2.24, 2.45) is 0 Å². The maximum atomic E-state index is 16.6. The Labute approximate surface area is 276 Å². The molecule has 0 bridgehead atoms. The first-order valence-electron chi connectivity index (χ1n) is 16.2. The molecule has 0 atom stereocenters. The van der Waals surface area contributed by atoms with Gasteiger partial charge in [0.15, 0.2) is 5.82 Å². The van der Waals surface area contributed by atoms with E-state index in [1.165, 1.54) is 0 Å². The first-order chi connectivity index (χ1) is 23.4. The molecule has 0 aliphatic carbocycles. The highest BCUT2D eigenvalue weighted by Gasteiger charge is 2.28. The molecule has 1 fully saturated rings. The Morgan fingerprint density at radius 2 is 1.88 bits per heavy atom. The SMILES string of the molecule is CCc1cn[nH]c1N1CCN(C(=O)c2cc3c(-c4cnccc4OC)cc(C4=CCCN(C(=O)CCn5ccnn5)C4)c(F)c3[nH]2)CC1. The minimum Gasteiger partial charge on any atom is -0.496 e. The van der Waals surface area contributed by atoms with Gasteiger partial charge in [0, 0.05) is 86.4 Å². The molecule has 2 amide bonds. The number of nitrogens with zero attached hydrogens (tertiary/aromatic N) is 8. The van der Waals surface area contributed by atoms with Gasteiger partial charge in [-0.3, -0.25) is 24.4 Å². The number of aromatic amines is 2. The third-order valence-electron chi connectivity index (χ3n) is 9.21. The minimum atomic E-state index is -0.477. The number of carbonyl (C=O) groups is 2. The average Bonchev–Trinajstić information content (AvgIpc) is 3.92. The quantitative estimate of drug-likeness (QED) is 0.244. The second-order valence-corrected chi connectivity index (χ2v) is 12.0.